The summed E-state index contributed by atoms with van der Waals surface area (Å²) < 4.78 is 32.8. The lowest BCUT2D eigenvalue weighted by Gasteiger charge is -2.42. The van der Waals surface area contributed by atoms with Crippen LogP contribution < -0.4 is 5.73 Å². The quantitative estimate of drug-likeness (QED) is 0.910. The SMILES string of the molecule is COC1(C(N)c2cccc(F)c2F)CCC(C)CC1. The number of methoxy groups -OCH3 is 1. The van der Waals surface area contributed by atoms with Gasteiger partial charge in [-0.1, -0.05) is 19.1 Å². The summed E-state index contributed by atoms with van der Waals surface area (Å²) in [4.78, 5) is 0. The summed E-state index contributed by atoms with van der Waals surface area (Å²) in [6.45, 7) is 2.19. The van der Waals surface area contributed by atoms with Gasteiger partial charge in [0, 0.05) is 12.7 Å². The van der Waals surface area contributed by atoms with Crippen LogP contribution in [0, 0.1) is 17.6 Å². The van der Waals surface area contributed by atoms with E-state index < -0.39 is 23.3 Å². The predicted molar refractivity (Wildman–Crippen MR) is 70.7 cm³/mol. The number of benzene rings is 1. The summed E-state index contributed by atoms with van der Waals surface area (Å²) in [5, 5.41) is 0. The van der Waals surface area contributed by atoms with Gasteiger partial charge in [-0.25, -0.2) is 8.78 Å². The van der Waals surface area contributed by atoms with E-state index in [0.717, 1.165) is 31.7 Å². The fraction of sp³-hybridized carbons (Fsp3) is 0.600. The van der Waals surface area contributed by atoms with Gasteiger partial charge in [-0.2, -0.15) is 0 Å². The highest BCUT2D eigenvalue weighted by molar-refractivity contribution is 5.25. The lowest BCUT2D eigenvalue weighted by atomic mass is 9.73. The van der Waals surface area contributed by atoms with Crippen molar-refractivity contribution in [3.63, 3.8) is 0 Å². The Bertz CT molecular complexity index is 442. The number of nitrogens with two attached hydrogens (primary N) is 1. The predicted octanol–water partition coefficient (Wildman–Crippen LogP) is 3.56. The minimum absolute atomic E-state index is 0.205. The number of ether oxygens (including phenoxy) is 1. The molecule has 0 radical (unpaired) electrons. The minimum Gasteiger partial charge on any atom is -0.376 e. The molecule has 1 aliphatic carbocycles. The zero-order chi connectivity index (χ0) is 14.0. The van der Waals surface area contributed by atoms with E-state index in [0.29, 0.717) is 5.92 Å². The van der Waals surface area contributed by atoms with Gasteiger partial charge in [0.15, 0.2) is 11.6 Å². The van der Waals surface area contributed by atoms with Crippen molar-refractivity contribution in [3.05, 3.63) is 35.4 Å². The van der Waals surface area contributed by atoms with Gasteiger partial charge in [0.1, 0.15) is 0 Å². The average molecular weight is 269 g/mol. The molecule has 1 aliphatic rings. The van der Waals surface area contributed by atoms with Crippen molar-refractivity contribution in [2.24, 2.45) is 11.7 Å². The van der Waals surface area contributed by atoms with Gasteiger partial charge in [-0.15, -0.1) is 0 Å². The summed E-state index contributed by atoms with van der Waals surface area (Å²) in [6.07, 6.45) is 3.56. The van der Waals surface area contributed by atoms with E-state index in [2.05, 4.69) is 6.92 Å². The molecule has 1 atom stereocenters. The molecule has 2 N–H and O–H groups in total. The van der Waals surface area contributed by atoms with E-state index in [1.807, 2.05) is 0 Å². The topological polar surface area (TPSA) is 35.2 Å². The first-order valence-corrected chi connectivity index (χ1v) is 6.75. The molecule has 1 saturated carbocycles. The van der Waals surface area contributed by atoms with Gasteiger partial charge >= 0.3 is 0 Å². The highest BCUT2D eigenvalue weighted by Crippen LogP contribution is 2.42. The lowest BCUT2D eigenvalue weighted by molar-refractivity contribution is -0.0679. The Balaban J connectivity index is 2.30. The molecule has 0 saturated heterocycles. The van der Waals surface area contributed by atoms with Crippen molar-refractivity contribution in [3.8, 4) is 0 Å². The highest BCUT2D eigenvalue weighted by atomic mass is 19.2. The molecule has 0 aliphatic heterocycles. The van der Waals surface area contributed by atoms with Crippen LogP contribution in [0.5, 0.6) is 0 Å². The second-order valence-corrected chi connectivity index (χ2v) is 5.57. The number of rotatable bonds is 3. The van der Waals surface area contributed by atoms with Crippen molar-refractivity contribution in [2.45, 2.75) is 44.2 Å². The standard InChI is InChI=1S/C15H21F2NO/c1-10-6-8-15(19-2,9-7-10)14(18)11-4-3-5-12(16)13(11)17/h3-5,10,14H,6-9,18H2,1-2H3. The normalized spacial score (nSPS) is 29.2. The van der Waals surface area contributed by atoms with E-state index in [9.17, 15) is 8.78 Å². The Morgan fingerprint density at radius 3 is 2.53 bits per heavy atom. The second kappa shape index (κ2) is 5.55. The van der Waals surface area contributed by atoms with Gasteiger partial charge < -0.3 is 10.5 Å². The van der Waals surface area contributed by atoms with Crippen molar-refractivity contribution in [1.29, 1.82) is 0 Å². The molecular formula is C15H21F2NO. The third-order valence-corrected chi connectivity index (χ3v) is 4.41. The van der Waals surface area contributed by atoms with Crippen molar-refractivity contribution in [2.75, 3.05) is 7.11 Å². The Morgan fingerprint density at radius 2 is 1.95 bits per heavy atom. The maximum atomic E-state index is 13.9. The molecule has 0 heterocycles. The molecule has 0 spiro atoms. The molecule has 1 fully saturated rings. The summed E-state index contributed by atoms with van der Waals surface area (Å²) in [7, 11) is 1.60. The van der Waals surface area contributed by atoms with Crippen LogP contribution in [-0.2, 0) is 4.74 Å². The van der Waals surface area contributed by atoms with Gasteiger partial charge in [0.05, 0.1) is 11.6 Å². The molecule has 106 valence electrons. The van der Waals surface area contributed by atoms with Crippen LogP contribution in [0.2, 0.25) is 0 Å². The van der Waals surface area contributed by atoms with Crippen LogP contribution in [0.25, 0.3) is 0 Å². The number of halogens is 2. The zero-order valence-electron chi connectivity index (χ0n) is 11.5. The largest absolute Gasteiger partial charge is 0.376 e. The fourth-order valence-electron chi connectivity index (χ4n) is 2.94. The van der Waals surface area contributed by atoms with Crippen LogP contribution in [-0.4, -0.2) is 12.7 Å². The second-order valence-electron chi connectivity index (χ2n) is 5.57. The molecular weight excluding hydrogens is 248 g/mol. The van der Waals surface area contributed by atoms with Crippen molar-refractivity contribution >= 4 is 0 Å². The summed E-state index contributed by atoms with van der Waals surface area (Å²) >= 11 is 0. The minimum atomic E-state index is -0.858. The van der Waals surface area contributed by atoms with Crippen LogP contribution >= 0.6 is 0 Å². The first kappa shape index (κ1) is 14.4. The third-order valence-electron chi connectivity index (χ3n) is 4.41. The van der Waals surface area contributed by atoms with Crippen LogP contribution in [0.15, 0.2) is 18.2 Å². The lowest BCUT2D eigenvalue weighted by Crippen LogP contribution is -2.46. The fourth-order valence-corrected chi connectivity index (χ4v) is 2.94. The molecule has 1 aromatic carbocycles. The average Bonchev–Trinajstić information content (AvgIpc) is 2.42. The van der Waals surface area contributed by atoms with Crippen LogP contribution in [0.1, 0.15) is 44.2 Å². The van der Waals surface area contributed by atoms with E-state index in [1.54, 1.807) is 13.2 Å². The van der Waals surface area contributed by atoms with E-state index in [1.165, 1.54) is 6.07 Å². The Hall–Kier alpha value is -1.00. The maximum Gasteiger partial charge on any atom is 0.163 e. The Morgan fingerprint density at radius 1 is 1.32 bits per heavy atom. The first-order valence-electron chi connectivity index (χ1n) is 6.75. The first-order chi connectivity index (χ1) is 9.00. The molecule has 1 aromatic rings. The Kier molecular flexibility index (Phi) is 4.21. The summed E-state index contributed by atoms with van der Waals surface area (Å²) in [5.41, 5.74) is 5.82. The van der Waals surface area contributed by atoms with Gasteiger partial charge in [-0.3, -0.25) is 0 Å². The van der Waals surface area contributed by atoms with Crippen molar-refractivity contribution in [1.82, 2.24) is 0 Å². The Labute approximate surface area is 112 Å². The number of hydrogen-bond donors (Lipinski definition) is 1. The van der Waals surface area contributed by atoms with Crippen LogP contribution in [0.4, 0.5) is 8.78 Å². The monoisotopic (exact) mass is 269 g/mol. The molecule has 0 bridgehead atoms. The van der Waals surface area contributed by atoms with Gasteiger partial charge in [0.25, 0.3) is 0 Å². The molecule has 2 nitrogen and oxygen atoms in total. The van der Waals surface area contributed by atoms with Crippen LogP contribution in [0.3, 0.4) is 0 Å². The number of hydrogen-bond acceptors (Lipinski definition) is 2. The molecule has 4 heteroatoms. The molecule has 1 unspecified atom stereocenters. The van der Waals surface area contributed by atoms with Gasteiger partial charge in [-0.05, 0) is 37.7 Å². The van der Waals surface area contributed by atoms with E-state index in [4.69, 9.17) is 10.5 Å². The van der Waals surface area contributed by atoms with Gasteiger partial charge in [0.2, 0.25) is 0 Å². The van der Waals surface area contributed by atoms with Crippen molar-refractivity contribution < 1.29 is 13.5 Å². The summed E-state index contributed by atoms with van der Waals surface area (Å²) in [5.74, 6) is -1.08. The molecule has 2 rings (SSSR count). The smallest absolute Gasteiger partial charge is 0.163 e. The third kappa shape index (κ3) is 2.65. The maximum absolute atomic E-state index is 13.9. The molecule has 0 aromatic heterocycles. The summed E-state index contributed by atoms with van der Waals surface area (Å²) in [6, 6.07) is 3.50. The molecule has 0 amide bonds. The van der Waals surface area contributed by atoms with E-state index >= 15 is 0 Å². The molecule has 19 heavy (non-hydrogen) atoms. The zero-order valence-corrected chi connectivity index (χ0v) is 11.5. The highest BCUT2D eigenvalue weighted by Gasteiger charge is 2.41. The van der Waals surface area contributed by atoms with E-state index in [-0.39, 0.29) is 5.56 Å².